The number of amides is 5. The van der Waals surface area contributed by atoms with Gasteiger partial charge < -0.3 is 44.8 Å². The van der Waals surface area contributed by atoms with E-state index in [9.17, 15) is 46.8 Å². The predicted molar refractivity (Wildman–Crippen MR) is 277 cm³/mol. The number of methoxy groups -OCH3 is 1. The van der Waals surface area contributed by atoms with Gasteiger partial charge in [-0.1, -0.05) is 91.6 Å². The van der Waals surface area contributed by atoms with Gasteiger partial charge in [-0.25, -0.2) is 13.2 Å². The number of sulfonamides is 1. The number of hydrogen-bond acceptors (Lipinski definition) is 13. The Labute approximate surface area is 437 Å². The SMILES string of the molecule is CC[C@H](C)[C@H]1NC(=O)[C@@H](NC(=O)[C@@H](CC(C)C)N(C)S(=O)(=O)c2ccc(C)cc2)[C@@H](C)OC(=O)[C@H](Cc2ccc(OC)cc2)N(C)C(=O)[C@@H]2CCCN2C(=O)[C@H](CC(C)C)NC(=O)[C@H](C(C)C)OC(=O)C[C@@H]1C=O. The molecule has 20 heteroatoms. The number of rotatable bonds is 16. The first-order valence-corrected chi connectivity index (χ1v) is 27.2. The molecular weight excluding hydrogens is 973 g/mol. The van der Waals surface area contributed by atoms with Gasteiger partial charge >= 0.3 is 11.9 Å². The highest BCUT2D eigenvalue weighted by molar-refractivity contribution is 7.89. The van der Waals surface area contributed by atoms with Gasteiger partial charge in [-0.05, 0) is 93.0 Å². The van der Waals surface area contributed by atoms with Crippen LogP contribution in [0.4, 0.5) is 0 Å². The van der Waals surface area contributed by atoms with Crippen molar-refractivity contribution >= 4 is 57.8 Å². The van der Waals surface area contributed by atoms with Gasteiger partial charge in [0, 0.05) is 39.0 Å². The predicted octanol–water partition coefficient (Wildman–Crippen LogP) is 4.36. The maximum Gasteiger partial charge on any atom is 0.329 e. The van der Waals surface area contributed by atoms with Gasteiger partial charge in [0.05, 0.1) is 18.4 Å². The quantitative estimate of drug-likeness (QED) is 0.157. The van der Waals surface area contributed by atoms with E-state index in [1.807, 2.05) is 13.8 Å². The summed E-state index contributed by atoms with van der Waals surface area (Å²) in [5.41, 5.74) is 1.41. The van der Waals surface area contributed by atoms with Crippen molar-refractivity contribution in [2.75, 3.05) is 27.7 Å². The van der Waals surface area contributed by atoms with E-state index in [0.29, 0.717) is 30.4 Å². The molecule has 0 aliphatic carbocycles. The Balaban J connectivity index is 1.91. The van der Waals surface area contributed by atoms with Crippen LogP contribution < -0.4 is 20.7 Å². The Morgan fingerprint density at radius 1 is 0.905 bits per heavy atom. The Morgan fingerprint density at radius 3 is 2.09 bits per heavy atom. The van der Waals surface area contributed by atoms with E-state index < -0.39 is 124 Å². The highest BCUT2D eigenvalue weighted by Gasteiger charge is 2.45. The number of cyclic esters (lactones) is 2. The number of nitrogens with zero attached hydrogens (tertiary/aromatic N) is 3. The fourth-order valence-corrected chi connectivity index (χ4v) is 10.7. The largest absolute Gasteiger partial charge is 0.497 e. The fraction of sp³-hybridized carbons (Fsp3) is 0.630. The van der Waals surface area contributed by atoms with E-state index in [2.05, 4.69) is 16.0 Å². The molecule has 2 aliphatic heterocycles. The van der Waals surface area contributed by atoms with Gasteiger partial charge in [0.25, 0.3) is 5.91 Å². The van der Waals surface area contributed by atoms with Gasteiger partial charge in [0.15, 0.2) is 6.10 Å². The first kappa shape index (κ1) is 60.7. The first-order valence-electron chi connectivity index (χ1n) is 25.8. The molecule has 0 unspecified atom stereocenters. The van der Waals surface area contributed by atoms with E-state index in [-0.39, 0.29) is 49.0 Å². The molecular formula is C54H80N6O13S. The summed E-state index contributed by atoms with van der Waals surface area (Å²) in [5, 5.41) is 8.35. The molecule has 3 N–H and O–H groups in total. The molecule has 5 amide bonds. The number of aldehydes is 1. The van der Waals surface area contributed by atoms with Crippen LogP contribution in [0.3, 0.4) is 0 Å². The highest BCUT2D eigenvalue weighted by Crippen LogP contribution is 2.27. The summed E-state index contributed by atoms with van der Waals surface area (Å²) in [5.74, 6) is -7.78. The van der Waals surface area contributed by atoms with Crippen molar-refractivity contribution in [2.24, 2.45) is 29.6 Å². The molecule has 2 saturated heterocycles. The van der Waals surface area contributed by atoms with Crippen LogP contribution in [0.2, 0.25) is 0 Å². The summed E-state index contributed by atoms with van der Waals surface area (Å²) >= 11 is 0. The van der Waals surface area contributed by atoms with Crippen molar-refractivity contribution in [1.82, 2.24) is 30.1 Å². The molecule has 74 heavy (non-hydrogen) atoms. The topological polar surface area (TPSA) is 244 Å². The average molecular weight is 1050 g/mol. The molecule has 0 spiro atoms. The van der Waals surface area contributed by atoms with Gasteiger partial charge in [0.1, 0.15) is 48.3 Å². The maximum atomic E-state index is 15.0. The molecule has 2 aromatic carbocycles. The number of carbonyl (C=O) groups is 8. The van der Waals surface area contributed by atoms with Crippen LogP contribution in [0.1, 0.15) is 112 Å². The Bertz CT molecular complexity index is 2400. The zero-order valence-corrected chi connectivity index (χ0v) is 46.2. The molecule has 0 bridgehead atoms. The summed E-state index contributed by atoms with van der Waals surface area (Å²) < 4.78 is 46.4. The molecule has 10 atom stereocenters. The summed E-state index contributed by atoms with van der Waals surface area (Å²) in [4.78, 5) is 118. The first-order chi connectivity index (χ1) is 34.7. The van der Waals surface area contributed by atoms with Crippen LogP contribution in [0.5, 0.6) is 5.75 Å². The minimum absolute atomic E-state index is 0.00585. The molecule has 2 aliphatic rings. The van der Waals surface area contributed by atoms with E-state index in [4.69, 9.17) is 14.2 Å². The Hall–Kier alpha value is -5.89. The summed E-state index contributed by atoms with van der Waals surface area (Å²) in [6, 6.07) is 5.10. The second-order valence-electron chi connectivity index (χ2n) is 21.1. The molecule has 0 saturated carbocycles. The Morgan fingerprint density at radius 2 is 1.54 bits per heavy atom. The molecule has 19 nitrogen and oxygen atoms in total. The van der Waals surface area contributed by atoms with Gasteiger partial charge in [0.2, 0.25) is 33.7 Å². The summed E-state index contributed by atoms with van der Waals surface area (Å²) in [6.45, 7) is 17.5. The lowest BCUT2D eigenvalue weighted by Crippen LogP contribution is -2.61. The third kappa shape index (κ3) is 15.6. The standard InChI is InChI=1S/C54H80N6O13S/c1-14-35(9)46-38(30-61)29-45(62)73-48(33(6)7)51(65)55-41(26-31(2)3)52(66)60-25-15-16-42(60)53(67)58(11)44(28-37-19-21-39(71-13)22-20-37)54(68)72-36(10)47(50(64)56-46)57-49(63)43(27-32(4)5)59(12)74(69,70)40-23-17-34(8)18-24-40/h17-24,30-33,35-36,38,41-44,46-48H,14-16,25-29H2,1-13H3,(H,55,65)(H,56,64)(H,57,63)/t35-,36+,38+,41-,42-,43+,44-,46+,47-,48-/m0/s1. The number of ether oxygens (including phenoxy) is 3. The van der Waals surface area contributed by atoms with E-state index in [0.717, 1.165) is 9.87 Å². The van der Waals surface area contributed by atoms with Crippen LogP contribution in [0, 0.1) is 36.5 Å². The average Bonchev–Trinajstić information content (AvgIpc) is 3.85. The van der Waals surface area contributed by atoms with Crippen LogP contribution >= 0.6 is 0 Å². The van der Waals surface area contributed by atoms with Crippen molar-refractivity contribution in [3.8, 4) is 5.75 Å². The number of likely N-dealkylation sites (N-methyl/N-ethyl adjacent to an activating group) is 2. The molecule has 2 heterocycles. The molecule has 410 valence electrons. The van der Waals surface area contributed by atoms with Crippen molar-refractivity contribution < 1.29 is 61.0 Å². The van der Waals surface area contributed by atoms with Crippen LogP contribution in [-0.4, -0.2) is 146 Å². The molecule has 0 aromatic heterocycles. The van der Waals surface area contributed by atoms with E-state index in [1.165, 1.54) is 50.1 Å². The summed E-state index contributed by atoms with van der Waals surface area (Å²) in [7, 11) is -0.117. The third-order valence-electron chi connectivity index (χ3n) is 14.0. The van der Waals surface area contributed by atoms with Gasteiger partial charge in [-0.3, -0.25) is 28.8 Å². The van der Waals surface area contributed by atoms with Crippen molar-refractivity contribution in [1.29, 1.82) is 0 Å². The second-order valence-corrected chi connectivity index (χ2v) is 23.1. The third-order valence-corrected chi connectivity index (χ3v) is 15.9. The lowest BCUT2D eigenvalue weighted by molar-refractivity contribution is -0.162. The van der Waals surface area contributed by atoms with Crippen LogP contribution in [0.25, 0.3) is 0 Å². The van der Waals surface area contributed by atoms with Crippen LogP contribution in [-0.2, 0) is 64.3 Å². The lowest BCUT2D eigenvalue weighted by Gasteiger charge is -2.35. The zero-order chi connectivity index (χ0) is 55.4. The molecule has 2 fully saturated rings. The number of benzene rings is 2. The van der Waals surface area contributed by atoms with E-state index >= 15 is 0 Å². The number of esters is 2. The molecule has 0 radical (unpaired) electrons. The number of aryl methyl sites for hydroxylation is 1. The molecule has 4 rings (SSSR count). The zero-order valence-electron chi connectivity index (χ0n) is 45.4. The lowest BCUT2D eigenvalue weighted by atomic mass is 9.86. The monoisotopic (exact) mass is 1050 g/mol. The molecule has 2 aromatic rings. The van der Waals surface area contributed by atoms with Gasteiger partial charge in [-0.15, -0.1) is 0 Å². The normalized spacial score (nSPS) is 25.1. The number of nitrogens with one attached hydrogen (secondary N) is 3. The minimum Gasteiger partial charge on any atom is -0.497 e. The van der Waals surface area contributed by atoms with Crippen molar-refractivity contribution in [2.45, 2.75) is 168 Å². The van der Waals surface area contributed by atoms with Crippen molar-refractivity contribution in [3.05, 3.63) is 59.7 Å². The number of carbonyl (C=O) groups excluding carboxylic acids is 8. The summed E-state index contributed by atoms with van der Waals surface area (Å²) in [6.07, 6.45) is -1.88. The van der Waals surface area contributed by atoms with Crippen molar-refractivity contribution in [3.63, 3.8) is 0 Å². The highest BCUT2D eigenvalue weighted by atomic mass is 32.2. The maximum absolute atomic E-state index is 15.0. The fourth-order valence-electron chi connectivity index (χ4n) is 9.39. The Kier molecular flexibility index (Phi) is 22.2. The minimum atomic E-state index is -4.30. The number of fused-ring (bicyclic) bond motifs is 1. The van der Waals surface area contributed by atoms with Crippen LogP contribution in [0.15, 0.2) is 53.4 Å². The van der Waals surface area contributed by atoms with E-state index in [1.54, 1.807) is 84.9 Å². The number of hydrogen-bond donors (Lipinski definition) is 3. The second kappa shape index (κ2) is 27.1. The van der Waals surface area contributed by atoms with Gasteiger partial charge in [-0.2, -0.15) is 4.31 Å². The smallest absolute Gasteiger partial charge is 0.329 e.